The molecule has 0 fully saturated rings. The maximum Gasteiger partial charge on any atom is 0.263 e. The Bertz CT molecular complexity index is 405. The smallest absolute Gasteiger partial charge is 0.263 e. The normalized spacial score (nSPS) is 12.6. The van der Waals surface area contributed by atoms with E-state index in [9.17, 15) is 13.6 Å². The summed E-state index contributed by atoms with van der Waals surface area (Å²) < 4.78 is 30.3. The van der Waals surface area contributed by atoms with Crippen LogP contribution in [0, 0.1) is 0 Å². The van der Waals surface area contributed by atoms with E-state index in [2.05, 4.69) is 15.9 Å². The van der Waals surface area contributed by atoms with Crippen molar-refractivity contribution in [2.24, 2.45) is 0 Å². The van der Waals surface area contributed by atoms with Crippen LogP contribution in [0.1, 0.15) is 36.2 Å². The van der Waals surface area contributed by atoms with Crippen molar-refractivity contribution in [2.75, 3.05) is 6.61 Å². The number of benzene rings is 1. The minimum atomic E-state index is -2.57. The second-order valence-corrected chi connectivity index (χ2v) is 4.84. The van der Waals surface area contributed by atoms with Gasteiger partial charge in [-0.15, -0.1) is 0 Å². The first-order chi connectivity index (χ1) is 7.97. The molecule has 0 heterocycles. The Labute approximate surface area is 107 Å². The van der Waals surface area contributed by atoms with Gasteiger partial charge in [-0.2, -0.15) is 0 Å². The van der Waals surface area contributed by atoms with Gasteiger partial charge in [-0.05, 0) is 26.0 Å². The van der Waals surface area contributed by atoms with Crippen LogP contribution in [-0.2, 0) is 0 Å². The lowest BCUT2D eigenvalue weighted by atomic mass is 10.1. The van der Waals surface area contributed by atoms with Crippen LogP contribution in [0.5, 0.6) is 5.75 Å². The quantitative estimate of drug-likeness (QED) is 0.607. The van der Waals surface area contributed by atoms with Crippen LogP contribution in [0.3, 0.4) is 0 Å². The molecule has 1 atom stereocenters. The second-order valence-electron chi connectivity index (χ2n) is 3.47. The molecule has 94 valence electrons. The third kappa shape index (κ3) is 3.49. The predicted molar refractivity (Wildman–Crippen MR) is 65.3 cm³/mol. The molecule has 1 rings (SSSR count). The zero-order valence-corrected chi connectivity index (χ0v) is 11.1. The molecular weight excluding hydrogens is 294 g/mol. The number of hydrogen-bond donors (Lipinski definition) is 0. The van der Waals surface area contributed by atoms with Crippen LogP contribution in [0.2, 0.25) is 0 Å². The average Bonchev–Trinajstić information content (AvgIpc) is 2.28. The fraction of sp³-hybridized carbons (Fsp3) is 0.417. The lowest BCUT2D eigenvalue weighted by Crippen LogP contribution is -2.12. The van der Waals surface area contributed by atoms with Crippen LogP contribution in [-0.4, -0.2) is 17.2 Å². The van der Waals surface area contributed by atoms with E-state index in [0.717, 1.165) is 0 Å². The van der Waals surface area contributed by atoms with E-state index in [0.29, 0.717) is 12.2 Å². The first kappa shape index (κ1) is 14.1. The molecule has 0 saturated heterocycles. The fourth-order valence-corrected chi connectivity index (χ4v) is 1.61. The number of halogens is 3. The van der Waals surface area contributed by atoms with Gasteiger partial charge in [-0.3, -0.25) is 4.79 Å². The Kier molecular flexibility index (Phi) is 5.05. The molecule has 0 radical (unpaired) electrons. The van der Waals surface area contributed by atoms with Gasteiger partial charge in [0.15, 0.2) is 5.78 Å². The van der Waals surface area contributed by atoms with E-state index in [1.807, 2.05) is 0 Å². The summed E-state index contributed by atoms with van der Waals surface area (Å²) >= 11 is 3.16. The summed E-state index contributed by atoms with van der Waals surface area (Å²) in [4.78, 5) is 11.4. The topological polar surface area (TPSA) is 26.3 Å². The minimum absolute atomic E-state index is 0.146. The standard InChI is InChI=1S/C12H13BrF2O2/c1-3-17-10-6-8(12(14)15)4-5-9(10)11(16)7(2)13/h4-7,12H,3H2,1-2H3. The molecule has 2 nitrogen and oxygen atoms in total. The highest BCUT2D eigenvalue weighted by molar-refractivity contribution is 9.10. The third-order valence-corrected chi connectivity index (χ3v) is 2.60. The van der Waals surface area contributed by atoms with Crippen LogP contribution in [0.4, 0.5) is 8.78 Å². The van der Waals surface area contributed by atoms with E-state index < -0.39 is 6.43 Å². The molecule has 0 aromatic heterocycles. The van der Waals surface area contributed by atoms with Crippen molar-refractivity contribution in [2.45, 2.75) is 25.1 Å². The summed E-state index contributed by atoms with van der Waals surface area (Å²) in [6.45, 7) is 3.74. The van der Waals surface area contributed by atoms with Gasteiger partial charge in [0, 0.05) is 5.56 Å². The van der Waals surface area contributed by atoms with Crippen molar-refractivity contribution in [3.63, 3.8) is 0 Å². The largest absolute Gasteiger partial charge is 0.493 e. The van der Waals surface area contributed by atoms with Gasteiger partial charge in [0.05, 0.1) is 17.0 Å². The molecule has 1 unspecified atom stereocenters. The SMILES string of the molecule is CCOc1cc(C(F)F)ccc1C(=O)C(C)Br. The Morgan fingerprint density at radius 2 is 2.12 bits per heavy atom. The van der Waals surface area contributed by atoms with Gasteiger partial charge in [0.2, 0.25) is 0 Å². The van der Waals surface area contributed by atoms with Crippen LogP contribution >= 0.6 is 15.9 Å². The molecule has 0 spiro atoms. The molecular formula is C12H13BrF2O2. The number of carbonyl (C=O) groups is 1. The van der Waals surface area contributed by atoms with E-state index in [1.165, 1.54) is 18.2 Å². The number of rotatable bonds is 5. The molecule has 1 aromatic rings. The molecule has 0 bridgehead atoms. The minimum Gasteiger partial charge on any atom is -0.493 e. The maximum absolute atomic E-state index is 12.5. The Hall–Kier alpha value is -0.970. The maximum atomic E-state index is 12.5. The highest BCUT2D eigenvalue weighted by Gasteiger charge is 2.19. The summed E-state index contributed by atoms with van der Waals surface area (Å²) in [5.74, 6) is 0.0240. The predicted octanol–water partition coefficient (Wildman–Crippen LogP) is 3.99. The van der Waals surface area contributed by atoms with Crippen molar-refractivity contribution in [3.05, 3.63) is 29.3 Å². The summed E-state index contributed by atoms with van der Waals surface area (Å²) in [7, 11) is 0. The van der Waals surface area contributed by atoms with Gasteiger partial charge in [-0.1, -0.05) is 22.0 Å². The van der Waals surface area contributed by atoms with Gasteiger partial charge < -0.3 is 4.74 Å². The monoisotopic (exact) mass is 306 g/mol. The van der Waals surface area contributed by atoms with Crippen molar-refractivity contribution in [1.29, 1.82) is 0 Å². The van der Waals surface area contributed by atoms with Gasteiger partial charge in [0.25, 0.3) is 6.43 Å². The van der Waals surface area contributed by atoms with Crippen molar-refractivity contribution < 1.29 is 18.3 Å². The number of ketones is 1. The Morgan fingerprint density at radius 1 is 1.47 bits per heavy atom. The summed E-state index contributed by atoms with van der Waals surface area (Å²) in [5.41, 5.74) is 0.174. The Balaban J connectivity index is 3.17. The van der Waals surface area contributed by atoms with Crippen molar-refractivity contribution >= 4 is 21.7 Å². The highest BCUT2D eigenvalue weighted by atomic mass is 79.9. The molecule has 0 aliphatic carbocycles. The average molecular weight is 307 g/mol. The molecule has 0 saturated carbocycles. The van der Waals surface area contributed by atoms with Crippen LogP contribution < -0.4 is 4.74 Å². The molecule has 1 aromatic carbocycles. The molecule has 0 N–H and O–H groups in total. The zero-order valence-electron chi connectivity index (χ0n) is 9.54. The number of Topliss-reactive ketones (excluding diaryl/α,β-unsaturated/α-hetero) is 1. The zero-order chi connectivity index (χ0) is 13.0. The number of hydrogen-bond acceptors (Lipinski definition) is 2. The summed E-state index contributed by atoms with van der Waals surface area (Å²) in [6, 6.07) is 3.85. The van der Waals surface area contributed by atoms with E-state index in [4.69, 9.17) is 4.74 Å². The van der Waals surface area contributed by atoms with Gasteiger partial charge in [-0.25, -0.2) is 8.78 Å². The summed E-state index contributed by atoms with van der Waals surface area (Å²) in [6.07, 6.45) is -2.57. The van der Waals surface area contributed by atoms with Crippen molar-refractivity contribution in [1.82, 2.24) is 0 Å². The number of alkyl halides is 3. The van der Waals surface area contributed by atoms with Gasteiger partial charge >= 0.3 is 0 Å². The Morgan fingerprint density at radius 3 is 2.59 bits per heavy atom. The number of ether oxygens (including phenoxy) is 1. The number of carbonyl (C=O) groups excluding carboxylic acids is 1. The van der Waals surface area contributed by atoms with E-state index in [-0.39, 0.29) is 21.9 Å². The fourth-order valence-electron chi connectivity index (χ4n) is 1.37. The molecule has 5 heteroatoms. The van der Waals surface area contributed by atoms with E-state index >= 15 is 0 Å². The first-order valence-corrected chi connectivity index (χ1v) is 6.12. The first-order valence-electron chi connectivity index (χ1n) is 5.20. The third-order valence-electron chi connectivity index (χ3n) is 2.18. The highest BCUT2D eigenvalue weighted by Crippen LogP contribution is 2.28. The lowest BCUT2D eigenvalue weighted by Gasteiger charge is -2.12. The summed E-state index contributed by atoms with van der Waals surface area (Å²) in [5, 5.41) is 0. The lowest BCUT2D eigenvalue weighted by molar-refractivity contribution is 0.0991. The molecule has 0 aliphatic rings. The van der Waals surface area contributed by atoms with Gasteiger partial charge in [0.1, 0.15) is 5.75 Å². The second kappa shape index (κ2) is 6.10. The van der Waals surface area contributed by atoms with Crippen LogP contribution in [0.15, 0.2) is 18.2 Å². The van der Waals surface area contributed by atoms with E-state index in [1.54, 1.807) is 13.8 Å². The van der Waals surface area contributed by atoms with Crippen LogP contribution in [0.25, 0.3) is 0 Å². The molecule has 0 aliphatic heterocycles. The molecule has 0 amide bonds. The van der Waals surface area contributed by atoms with Crippen molar-refractivity contribution in [3.8, 4) is 5.75 Å². The molecule has 17 heavy (non-hydrogen) atoms.